The Bertz CT molecular complexity index is 463. The number of isothiocyanates is 1. The zero-order valence-electron chi connectivity index (χ0n) is 12.4. The molecule has 0 saturated carbocycles. The predicted molar refractivity (Wildman–Crippen MR) is 76.0 cm³/mol. The average molecular weight is 331 g/mol. The summed E-state index contributed by atoms with van der Waals surface area (Å²) in [4.78, 5) is 37.1. The predicted octanol–water partition coefficient (Wildman–Crippen LogP) is 0.631. The average Bonchev–Trinajstić information content (AvgIpc) is 2.38. The normalized spacial score (nSPS) is 27.2. The minimum Gasteiger partial charge on any atom is -0.463 e. The highest BCUT2D eigenvalue weighted by molar-refractivity contribution is 7.78. The first-order chi connectivity index (χ1) is 10.3. The van der Waals surface area contributed by atoms with E-state index in [2.05, 4.69) is 22.4 Å². The number of carbonyl (C=O) groups is 3. The molecule has 0 amide bonds. The van der Waals surface area contributed by atoms with Crippen LogP contribution in [-0.2, 0) is 33.3 Å². The Morgan fingerprint density at radius 1 is 1.18 bits per heavy atom. The number of thiocarbonyl (C=S) groups is 1. The molecule has 8 nitrogen and oxygen atoms in total. The first kappa shape index (κ1) is 18.2. The van der Waals surface area contributed by atoms with Crippen LogP contribution in [0.5, 0.6) is 0 Å². The smallest absolute Gasteiger partial charge is 0.305 e. The van der Waals surface area contributed by atoms with Gasteiger partial charge >= 0.3 is 17.9 Å². The van der Waals surface area contributed by atoms with Crippen molar-refractivity contribution in [2.45, 2.75) is 51.7 Å². The van der Waals surface area contributed by atoms with Crippen molar-refractivity contribution in [3.8, 4) is 0 Å². The van der Waals surface area contributed by atoms with E-state index in [-0.39, 0.29) is 13.0 Å². The Morgan fingerprint density at radius 2 is 1.82 bits per heavy atom. The van der Waals surface area contributed by atoms with Crippen LogP contribution in [0.4, 0.5) is 0 Å². The maximum Gasteiger partial charge on any atom is 0.305 e. The standard InChI is InChI=1S/C13H17NO7S/c1-7(15)18-5-10-4-11(19-8(2)16)12(14-6-22)13(21-10)20-9(3)17/h10-13H,4-5H2,1-3H3. The lowest BCUT2D eigenvalue weighted by Crippen LogP contribution is -2.51. The van der Waals surface area contributed by atoms with Gasteiger partial charge in [-0.1, -0.05) is 0 Å². The summed E-state index contributed by atoms with van der Waals surface area (Å²) in [5.41, 5.74) is 0. The molecule has 0 radical (unpaired) electrons. The summed E-state index contributed by atoms with van der Waals surface area (Å²) < 4.78 is 20.6. The number of aliphatic imine (C=N–C) groups is 1. The van der Waals surface area contributed by atoms with Gasteiger partial charge in [0.1, 0.15) is 12.7 Å². The molecule has 1 saturated heterocycles. The van der Waals surface area contributed by atoms with Gasteiger partial charge in [0.25, 0.3) is 0 Å². The highest BCUT2D eigenvalue weighted by Crippen LogP contribution is 2.26. The molecule has 0 N–H and O–H groups in total. The summed E-state index contributed by atoms with van der Waals surface area (Å²) in [6.45, 7) is 3.65. The Balaban J connectivity index is 2.92. The molecule has 4 unspecified atom stereocenters. The lowest BCUT2D eigenvalue weighted by atomic mass is 10.0. The Kier molecular flexibility index (Phi) is 7.10. The number of nitrogens with zero attached hydrogens (tertiary/aromatic N) is 1. The number of hydrogen-bond donors (Lipinski definition) is 0. The van der Waals surface area contributed by atoms with Crippen molar-refractivity contribution in [1.29, 1.82) is 0 Å². The Labute approximate surface area is 132 Å². The van der Waals surface area contributed by atoms with Gasteiger partial charge in [0, 0.05) is 27.2 Å². The van der Waals surface area contributed by atoms with E-state index < -0.39 is 42.4 Å². The van der Waals surface area contributed by atoms with E-state index in [4.69, 9.17) is 18.9 Å². The van der Waals surface area contributed by atoms with Crippen molar-refractivity contribution in [2.75, 3.05) is 6.61 Å². The molecule has 1 aliphatic rings. The molecule has 0 aromatic heterocycles. The lowest BCUT2D eigenvalue weighted by molar-refractivity contribution is -0.232. The molecule has 1 aliphatic heterocycles. The van der Waals surface area contributed by atoms with E-state index in [0.29, 0.717) is 0 Å². The highest BCUT2D eigenvalue weighted by Gasteiger charge is 2.43. The van der Waals surface area contributed by atoms with Gasteiger partial charge in [0.05, 0.1) is 11.3 Å². The zero-order chi connectivity index (χ0) is 16.7. The largest absolute Gasteiger partial charge is 0.463 e. The van der Waals surface area contributed by atoms with Gasteiger partial charge in [0.15, 0.2) is 6.04 Å². The van der Waals surface area contributed by atoms with E-state index in [9.17, 15) is 14.4 Å². The van der Waals surface area contributed by atoms with Gasteiger partial charge in [-0.05, 0) is 12.2 Å². The minimum absolute atomic E-state index is 0.0567. The molecule has 0 aromatic rings. The minimum atomic E-state index is -1.10. The third-order valence-corrected chi connectivity index (χ3v) is 2.86. The SMILES string of the molecule is CC(=O)OCC1CC(OC(C)=O)C(N=C=S)C(OC(C)=O)O1. The number of rotatable bonds is 5. The molecule has 0 bridgehead atoms. The first-order valence-corrected chi connectivity index (χ1v) is 6.94. The first-order valence-electron chi connectivity index (χ1n) is 6.53. The lowest BCUT2D eigenvalue weighted by Gasteiger charge is -2.37. The number of hydrogen-bond acceptors (Lipinski definition) is 9. The van der Waals surface area contributed by atoms with Gasteiger partial charge in [-0.25, -0.2) is 4.99 Å². The van der Waals surface area contributed by atoms with Crippen LogP contribution in [0.25, 0.3) is 0 Å². The molecular weight excluding hydrogens is 314 g/mol. The maximum atomic E-state index is 11.2. The van der Waals surface area contributed by atoms with Gasteiger partial charge in [-0.3, -0.25) is 14.4 Å². The van der Waals surface area contributed by atoms with E-state index >= 15 is 0 Å². The maximum absolute atomic E-state index is 11.2. The Hall–Kier alpha value is -1.83. The van der Waals surface area contributed by atoms with Crippen LogP contribution >= 0.6 is 12.2 Å². The number of carbonyl (C=O) groups excluding carboxylic acids is 3. The second-order valence-corrected chi connectivity index (χ2v) is 4.82. The molecule has 1 fully saturated rings. The fourth-order valence-corrected chi connectivity index (χ4v) is 2.14. The molecule has 0 aromatic carbocycles. The van der Waals surface area contributed by atoms with E-state index in [1.807, 2.05) is 0 Å². The topological polar surface area (TPSA) is 100 Å². The van der Waals surface area contributed by atoms with Gasteiger partial charge in [-0.15, -0.1) is 0 Å². The third-order valence-electron chi connectivity index (χ3n) is 2.76. The van der Waals surface area contributed by atoms with E-state index in [0.717, 1.165) is 0 Å². The molecule has 0 aliphatic carbocycles. The van der Waals surface area contributed by atoms with Crippen molar-refractivity contribution in [2.24, 2.45) is 4.99 Å². The second-order valence-electron chi connectivity index (χ2n) is 4.63. The summed E-state index contributed by atoms with van der Waals surface area (Å²) >= 11 is 4.56. The molecule has 9 heteroatoms. The molecule has 1 rings (SSSR count). The number of ether oxygens (including phenoxy) is 4. The monoisotopic (exact) mass is 331 g/mol. The van der Waals surface area contributed by atoms with Crippen LogP contribution in [-0.4, -0.2) is 54.2 Å². The van der Waals surface area contributed by atoms with Crippen molar-refractivity contribution in [1.82, 2.24) is 0 Å². The fourth-order valence-electron chi connectivity index (χ4n) is 2.01. The van der Waals surface area contributed by atoms with Crippen LogP contribution in [0, 0.1) is 0 Å². The molecule has 22 heavy (non-hydrogen) atoms. The summed E-state index contributed by atoms with van der Waals surface area (Å²) in [7, 11) is 0. The van der Waals surface area contributed by atoms with Crippen LogP contribution in [0.15, 0.2) is 4.99 Å². The van der Waals surface area contributed by atoms with Crippen LogP contribution in [0.2, 0.25) is 0 Å². The highest BCUT2D eigenvalue weighted by atomic mass is 32.1. The van der Waals surface area contributed by atoms with Crippen molar-refractivity contribution in [3.05, 3.63) is 0 Å². The third kappa shape index (κ3) is 5.88. The van der Waals surface area contributed by atoms with E-state index in [1.165, 1.54) is 20.8 Å². The van der Waals surface area contributed by atoms with Crippen LogP contribution in [0.1, 0.15) is 27.2 Å². The van der Waals surface area contributed by atoms with Crippen LogP contribution < -0.4 is 0 Å². The zero-order valence-corrected chi connectivity index (χ0v) is 13.3. The molecule has 1 heterocycles. The van der Waals surface area contributed by atoms with Crippen molar-refractivity contribution >= 4 is 35.3 Å². The molecule has 4 atom stereocenters. The van der Waals surface area contributed by atoms with Crippen molar-refractivity contribution in [3.63, 3.8) is 0 Å². The summed E-state index contributed by atoms with van der Waals surface area (Å²) in [5, 5.41) is 2.17. The van der Waals surface area contributed by atoms with E-state index in [1.54, 1.807) is 0 Å². The van der Waals surface area contributed by atoms with Gasteiger partial charge < -0.3 is 18.9 Å². The number of esters is 3. The molecule has 122 valence electrons. The van der Waals surface area contributed by atoms with Gasteiger partial charge in [0.2, 0.25) is 6.29 Å². The molecule has 0 spiro atoms. The summed E-state index contributed by atoms with van der Waals surface area (Å²) in [6.07, 6.45) is -2.22. The molecular formula is C13H17NO7S. The van der Waals surface area contributed by atoms with Crippen molar-refractivity contribution < 1.29 is 33.3 Å². The summed E-state index contributed by atoms with van der Waals surface area (Å²) in [5.74, 6) is -1.59. The fraction of sp³-hybridized carbons (Fsp3) is 0.692. The Morgan fingerprint density at radius 3 is 2.32 bits per heavy atom. The summed E-state index contributed by atoms with van der Waals surface area (Å²) in [6, 6.07) is -0.820. The quantitative estimate of drug-likeness (QED) is 0.313. The van der Waals surface area contributed by atoms with Crippen LogP contribution in [0.3, 0.4) is 0 Å². The van der Waals surface area contributed by atoms with Gasteiger partial charge in [-0.2, -0.15) is 0 Å². The second kappa shape index (κ2) is 8.57.